The molecule has 1 aliphatic heterocycles. The molecule has 1 aliphatic rings. The first-order valence-corrected chi connectivity index (χ1v) is 11.5. The van der Waals surface area contributed by atoms with Gasteiger partial charge in [0.25, 0.3) is 12.0 Å². The first kappa shape index (κ1) is 23.8. The summed E-state index contributed by atoms with van der Waals surface area (Å²) < 4.78 is 29.7. The van der Waals surface area contributed by atoms with Crippen molar-refractivity contribution in [3.63, 3.8) is 0 Å². The number of pyridine rings is 1. The molecule has 1 unspecified atom stereocenters. The van der Waals surface area contributed by atoms with Crippen LogP contribution in [0.25, 0.3) is 16.9 Å². The lowest BCUT2D eigenvalue weighted by Crippen LogP contribution is -2.32. The summed E-state index contributed by atoms with van der Waals surface area (Å²) in [5.41, 5.74) is 0.425. The van der Waals surface area contributed by atoms with Crippen LogP contribution >= 0.6 is 0 Å². The average Bonchev–Trinajstić information content (AvgIpc) is 3.15. The molecule has 0 aliphatic carbocycles. The summed E-state index contributed by atoms with van der Waals surface area (Å²) in [5, 5.41) is 17.0. The monoisotopic (exact) mass is 493 g/mol. The summed E-state index contributed by atoms with van der Waals surface area (Å²) in [5.74, 6) is 0.401. The van der Waals surface area contributed by atoms with Crippen LogP contribution in [0.5, 0.6) is 0 Å². The van der Waals surface area contributed by atoms with Crippen molar-refractivity contribution in [2.45, 2.75) is 38.5 Å². The van der Waals surface area contributed by atoms with E-state index in [1.807, 2.05) is 12.1 Å². The van der Waals surface area contributed by atoms with Gasteiger partial charge in [0.1, 0.15) is 5.39 Å². The van der Waals surface area contributed by atoms with Gasteiger partial charge in [0.2, 0.25) is 5.95 Å². The average molecular weight is 494 g/mol. The zero-order valence-corrected chi connectivity index (χ0v) is 19.6. The minimum absolute atomic E-state index is 0.118. The van der Waals surface area contributed by atoms with Gasteiger partial charge in [-0.25, -0.2) is 28.1 Å². The minimum atomic E-state index is -3.05. The van der Waals surface area contributed by atoms with Gasteiger partial charge in [0.05, 0.1) is 12.2 Å². The molecule has 0 saturated carbocycles. The summed E-state index contributed by atoms with van der Waals surface area (Å²) >= 11 is 0. The number of alkyl halides is 2. The van der Waals surface area contributed by atoms with Gasteiger partial charge in [-0.3, -0.25) is 4.79 Å². The van der Waals surface area contributed by atoms with E-state index in [1.54, 1.807) is 6.07 Å². The van der Waals surface area contributed by atoms with Crippen LogP contribution in [0.15, 0.2) is 60.0 Å². The molecule has 5 rings (SSSR count). The third-order valence-electron chi connectivity index (χ3n) is 6.22. The highest BCUT2D eigenvalue weighted by molar-refractivity contribution is 5.77. The van der Waals surface area contributed by atoms with Crippen molar-refractivity contribution in [1.82, 2.24) is 29.6 Å². The predicted molar refractivity (Wildman–Crippen MR) is 132 cm³/mol. The Bertz CT molecular complexity index is 1510. The molecule has 4 heterocycles. The fourth-order valence-electron chi connectivity index (χ4n) is 4.23. The van der Waals surface area contributed by atoms with Crippen molar-refractivity contribution in [1.29, 1.82) is 0 Å². The molecule has 186 valence electrons. The zero-order valence-electron chi connectivity index (χ0n) is 19.6. The van der Waals surface area contributed by atoms with Gasteiger partial charge in [0.15, 0.2) is 17.1 Å². The van der Waals surface area contributed by atoms with Gasteiger partial charge in [-0.05, 0) is 55.3 Å². The second-order valence-electron chi connectivity index (χ2n) is 8.78. The number of hydrogen-bond donors (Lipinski definition) is 3. The fourth-order valence-corrected chi connectivity index (χ4v) is 4.23. The number of hydrogen-bond acceptors (Lipinski definition) is 7. The molecule has 4 aromatic rings. The summed E-state index contributed by atoms with van der Waals surface area (Å²) in [6, 6.07) is 10.4. The third kappa shape index (κ3) is 4.16. The zero-order chi connectivity index (χ0) is 25.4. The van der Waals surface area contributed by atoms with Gasteiger partial charge in [0, 0.05) is 18.4 Å². The van der Waals surface area contributed by atoms with Crippen molar-refractivity contribution in [2.24, 2.45) is 0 Å². The number of benzene rings is 1. The van der Waals surface area contributed by atoms with Gasteiger partial charge in [-0.15, -0.1) is 6.58 Å². The van der Waals surface area contributed by atoms with E-state index in [0.29, 0.717) is 0 Å². The van der Waals surface area contributed by atoms with Crippen LogP contribution in [0.1, 0.15) is 23.7 Å². The van der Waals surface area contributed by atoms with Gasteiger partial charge < -0.3 is 15.7 Å². The normalized spacial score (nSPS) is 15.0. The largest absolute Gasteiger partial charge is 0.378 e. The van der Waals surface area contributed by atoms with E-state index in [1.165, 1.54) is 44.9 Å². The van der Waals surface area contributed by atoms with Gasteiger partial charge in [-0.2, -0.15) is 4.98 Å². The molecule has 0 amide bonds. The lowest BCUT2D eigenvalue weighted by atomic mass is 10.0. The first-order valence-electron chi connectivity index (χ1n) is 11.5. The number of nitrogens with one attached hydrogen (secondary N) is 2. The maximum absolute atomic E-state index is 13.5. The lowest BCUT2D eigenvalue weighted by Gasteiger charge is -2.22. The molecule has 1 aromatic carbocycles. The quantitative estimate of drug-likeness (QED) is 0.340. The standard InChI is InChI=1S/C25H25F2N7O2/c1-3-11-33-22(35)18-14-29-24(30-17-8-7-15-9-10-28-13-16(15)12-17)32-21(18)34(33)20-6-4-5-19(31-20)25(2,36)23(26)27/h3-8,12,14,23,28,36H,1,9-11,13H2,2H3,(H,29,30,32). The molecule has 0 bridgehead atoms. The van der Waals surface area contributed by atoms with Crippen molar-refractivity contribution < 1.29 is 13.9 Å². The van der Waals surface area contributed by atoms with E-state index in [0.717, 1.165) is 32.1 Å². The Morgan fingerprint density at radius 2 is 2.11 bits per heavy atom. The number of aliphatic hydroxyl groups is 1. The number of anilines is 2. The Morgan fingerprint density at radius 1 is 1.28 bits per heavy atom. The lowest BCUT2D eigenvalue weighted by molar-refractivity contribution is -0.0910. The highest BCUT2D eigenvalue weighted by Gasteiger charge is 2.36. The van der Waals surface area contributed by atoms with Crippen molar-refractivity contribution in [3.8, 4) is 5.82 Å². The van der Waals surface area contributed by atoms with Crippen molar-refractivity contribution in [3.05, 3.63) is 82.4 Å². The molecule has 3 N–H and O–H groups in total. The van der Waals surface area contributed by atoms with E-state index in [4.69, 9.17) is 0 Å². The Kier molecular flexibility index (Phi) is 6.10. The second-order valence-corrected chi connectivity index (χ2v) is 8.78. The molecule has 36 heavy (non-hydrogen) atoms. The van der Waals surface area contributed by atoms with Gasteiger partial charge >= 0.3 is 0 Å². The Morgan fingerprint density at radius 3 is 2.89 bits per heavy atom. The smallest absolute Gasteiger partial charge is 0.278 e. The van der Waals surface area contributed by atoms with Crippen molar-refractivity contribution >= 4 is 22.7 Å². The maximum atomic E-state index is 13.5. The highest BCUT2D eigenvalue weighted by atomic mass is 19.3. The molecule has 1 atom stereocenters. The molecule has 0 fully saturated rings. The van der Waals surface area contributed by atoms with Gasteiger partial charge in [-0.1, -0.05) is 18.2 Å². The van der Waals surface area contributed by atoms with E-state index in [2.05, 4.69) is 38.2 Å². The number of aromatic nitrogens is 5. The topological polar surface area (TPSA) is 110 Å². The maximum Gasteiger partial charge on any atom is 0.278 e. The van der Waals surface area contributed by atoms with E-state index in [-0.39, 0.29) is 40.6 Å². The van der Waals surface area contributed by atoms with Crippen LogP contribution < -0.4 is 16.2 Å². The third-order valence-corrected chi connectivity index (χ3v) is 6.22. The first-order chi connectivity index (χ1) is 17.3. The molecule has 11 heteroatoms. The van der Waals surface area contributed by atoms with Crippen molar-refractivity contribution in [2.75, 3.05) is 11.9 Å². The number of halogens is 2. The summed E-state index contributed by atoms with van der Waals surface area (Å²) in [7, 11) is 0. The second kappa shape index (κ2) is 9.25. The molecule has 3 aromatic heterocycles. The predicted octanol–water partition coefficient (Wildman–Crippen LogP) is 3.03. The Labute approximate surface area is 205 Å². The molecular weight excluding hydrogens is 468 g/mol. The SMILES string of the molecule is C=CCn1c(=O)c2cnc(Nc3ccc4c(c3)CNCC4)nc2n1-c1cccc(C(C)(O)C(F)F)n1. The molecule has 0 radical (unpaired) electrons. The molecular formula is C25H25F2N7O2. The highest BCUT2D eigenvalue weighted by Crippen LogP contribution is 2.28. The van der Waals surface area contributed by atoms with Crippen LogP contribution in [0.4, 0.5) is 20.4 Å². The fraction of sp³-hybridized carbons (Fsp3) is 0.280. The molecule has 0 spiro atoms. The summed E-state index contributed by atoms with van der Waals surface area (Å²) in [6.45, 7) is 6.54. The van der Waals surface area contributed by atoms with E-state index < -0.39 is 12.0 Å². The minimum Gasteiger partial charge on any atom is -0.378 e. The Hall–Kier alpha value is -3.96. The number of fused-ring (bicyclic) bond motifs is 2. The number of rotatable bonds is 7. The van der Waals surface area contributed by atoms with Crippen LogP contribution in [0.3, 0.4) is 0 Å². The van der Waals surface area contributed by atoms with Crippen LogP contribution in [-0.2, 0) is 25.1 Å². The Balaban J connectivity index is 1.62. The summed E-state index contributed by atoms with van der Waals surface area (Å²) in [4.78, 5) is 26.3. The van der Waals surface area contributed by atoms with E-state index >= 15 is 0 Å². The van der Waals surface area contributed by atoms with Crippen LogP contribution in [0.2, 0.25) is 0 Å². The summed E-state index contributed by atoms with van der Waals surface area (Å²) in [6.07, 6.45) is 0.861. The molecule has 0 saturated heterocycles. The van der Waals surface area contributed by atoms with Crippen LogP contribution in [0, 0.1) is 0 Å². The number of nitrogens with zero attached hydrogens (tertiary/aromatic N) is 5. The van der Waals surface area contributed by atoms with E-state index in [9.17, 15) is 18.7 Å². The molecule has 9 nitrogen and oxygen atoms in total. The van der Waals surface area contributed by atoms with Crippen LogP contribution in [-0.4, -0.2) is 42.4 Å². The number of allylic oxidation sites excluding steroid dienone is 1.